The Hall–Kier alpha value is -2.83. The highest BCUT2D eigenvalue weighted by Gasteiger charge is 2.42. The van der Waals surface area contributed by atoms with Crippen LogP contribution < -0.4 is 5.32 Å². The first-order chi connectivity index (χ1) is 16.5. The van der Waals surface area contributed by atoms with Gasteiger partial charge in [0.15, 0.2) is 0 Å². The monoisotopic (exact) mass is 469 g/mol. The minimum absolute atomic E-state index is 0.00949. The minimum Gasteiger partial charge on any atom is -0.453 e. The van der Waals surface area contributed by atoms with Crippen molar-refractivity contribution in [2.75, 3.05) is 7.11 Å². The van der Waals surface area contributed by atoms with Crippen molar-refractivity contribution in [3.63, 3.8) is 0 Å². The summed E-state index contributed by atoms with van der Waals surface area (Å²) in [6.07, 6.45) is 10.6. The summed E-state index contributed by atoms with van der Waals surface area (Å²) in [6.45, 7) is 4.63. The lowest BCUT2D eigenvalue weighted by Gasteiger charge is -2.41. The molecule has 0 radical (unpaired) electrons. The Morgan fingerprint density at radius 2 is 1.82 bits per heavy atom. The standard InChI is InChI=1S/C27H39N3O4/c1-4-5-12-20(2)24-26(32)29(19-21-13-8-6-9-14-21)17-18-30(24)25(31)23(28-27(33)34-3)22-15-10-7-11-16-22/h6,8-9,13-14,17-18,20,22-24H,4-5,7,10-12,15-16,19H2,1-3H3,(H,28,33)/t20-,23+,24+/m0/s1. The fraction of sp³-hybridized carbons (Fsp3) is 0.593. The summed E-state index contributed by atoms with van der Waals surface area (Å²) in [6, 6.07) is 8.55. The Morgan fingerprint density at radius 1 is 1.12 bits per heavy atom. The van der Waals surface area contributed by atoms with Crippen LogP contribution in [0.1, 0.15) is 70.8 Å². The first-order valence-electron chi connectivity index (χ1n) is 12.7. The average Bonchev–Trinajstić information content (AvgIpc) is 2.87. The van der Waals surface area contributed by atoms with Gasteiger partial charge >= 0.3 is 6.09 Å². The quantitative estimate of drug-likeness (QED) is 0.562. The summed E-state index contributed by atoms with van der Waals surface area (Å²) < 4.78 is 4.83. The molecule has 186 valence electrons. The summed E-state index contributed by atoms with van der Waals surface area (Å²) in [5.41, 5.74) is 1.03. The average molecular weight is 470 g/mol. The van der Waals surface area contributed by atoms with Crippen molar-refractivity contribution >= 4 is 17.9 Å². The Kier molecular flexibility index (Phi) is 9.54. The van der Waals surface area contributed by atoms with E-state index in [4.69, 9.17) is 4.74 Å². The highest BCUT2D eigenvalue weighted by atomic mass is 16.5. The maximum atomic E-state index is 13.9. The zero-order valence-electron chi connectivity index (χ0n) is 20.7. The van der Waals surface area contributed by atoms with E-state index in [1.807, 2.05) is 37.3 Å². The smallest absolute Gasteiger partial charge is 0.407 e. The topological polar surface area (TPSA) is 79.0 Å². The number of benzene rings is 1. The van der Waals surface area contributed by atoms with Gasteiger partial charge in [0.25, 0.3) is 0 Å². The van der Waals surface area contributed by atoms with Crippen LogP contribution in [0.5, 0.6) is 0 Å². The van der Waals surface area contributed by atoms with E-state index in [1.54, 1.807) is 22.2 Å². The molecule has 0 spiro atoms. The number of amides is 3. The molecule has 0 bridgehead atoms. The van der Waals surface area contributed by atoms with Gasteiger partial charge in [-0.25, -0.2) is 4.79 Å². The van der Waals surface area contributed by atoms with Gasteiger partial charge in [-0.15, -0.1) is 0 Å². The molecule has 1 aromatic rings. The normalized spacial score (nSPS) is 20.7. The lowest BCUT2D eigenvalue weighted by Crippen LogP contribution is -2.59. The maximum absolute atomic E-state index is 13.9. The maximum Gasteiger partial charge on any atom is 0.407 e. The Morgan fingerprint density at radius 3 is 2.47 bits per heavy atom. The van der Waals surface area contributed by atoms with Crippen molar-refractivity contribution in [3.8, 4) is 0 Å². The van der Waals surface area contributed by atoms with Gasteiger partial charge in [0.1, 0.15) is 12.1 Å². The third-order valence-corrected chi connectivity index (χ3v) is 7.09. The molecule has 0 unspecified atom stereocenters. The molecule has 1 aliphatic heterocycles. The number of rotatable bonds is 9. The van der Waals surface area contributed by atoms with Gasteiger partial charge in [-0.1, -0.05) is 76.3 Å². The molecule has 0 saturated heterocycles. The molecule has 2 aliphatic rings. The molecule has 3 rings (SSSR count). The molecule has 1 aromatic carbocycles. The second kappa shape index (κ2) is 12.6. The fourth-order valence-electron chi connectivity index (χ4n) is 5.13. The molecule has 1 heterocycles. The van der Waals surface area contributed by atoms with E-state index in [-0.39, 0.29) is 23.7 Å². The van der Waals surface area contributed by atoms with Gasteiger partial charge < -0.3 is 19.9 Å². The summed E-state index contributed by atoms with van der Waals surface area (Å²) >= 11 is 0. The fourth-order valence-corrected chi connectivity index (χ4v) is 5.13. The second-order valence-electron chi connectivity index (χ2n) is 9.57. The Balaban J connectivity index is 1.89. The van der Waals surface area contributed by atoms with Gasteiger partial charge in [0.2, 0.25) is 11.8 Å². The predicted molar refractivity (Wildman–Crippen MR) is 131 cm³/mol. The van der Waals surface area contributed by atoms with Crippen LogP contribution in [0.4, 0.5) is 4.79 Å². The third-order valence-electron chi connectivity index (χ3n) is 7.09. The molecule has 1 fully saturated rings. The largest absolute Gasteiger partial charge is 0.453 e. The predicted octanol–water partition coefficient (Wildman–Crippen LogP) is 4.83. The van der Waals surface area contributed by atoms with Crippen LogP contribution in [0.3, 0.4) is 0 Å². The number of alkyl carbamates (subject to hydrolysis) is 1. The summed E-state index contributed by atoms with van der Waals surface area (Å²) in [5.74, 6) is -0.277. The van der Waals surface area contributed by atoms with Crippen LogP contribution in [0.25, 0.3) is 0 Å². The van der Waals surface area contributed by atoms with Crippen LogP contribution in [0, 0.1) is 11.8 Å². The molecule has 7 nitrogen and oxygen atoms in total. The van der Waals surface area contributed by atoms with E-state index in [2.05, 4.69) is 12.2 Å². The van der Waals surface area contributed by atoms with E-state index >= 15 is 0 Å². The third kappa shape index (κ3) is 6.39. The number of nitrogens with zero attached hydrogens (tertiary/aromatic N) is 2. The van der Waals surface area contributed by atoms with Gasteiger partial charge in [-0.2, -0.15) is 0 Å². The second-order valence-corrected chi connectivity index (χ2v) is 9.57. The van der Waals surface area contributed by atoms with Crippen LogP contribution in [0.2, 0.25) is 0 Å². The molecule has 1 saturated carbocycles. The molecular formula is C27H39N3O4. The first-order valence-corrected chi connectivity index (χ1v) is 12.7. The van der Waals surface area contributed by atoms with E-state index in [0.29, 0.717) is 6.54 Å². The lowest BCUT2D eigenvalue weighted by molar-refractivity contribution is -0.147. The van der Waals surface area contributed by atoms with Gasteiger partial charge in [-0.3, -0.25) is 9.59 Å². The van der Waals surface area contributed by atoms with Crippen molar-refractivity contribution in [2.45, 2.75) is 83.8 Å². The van der Waals surface area contributed by atoms with Crippen molar-refractivity contribution in [2.24, 2.45) is 11.8 Å². The number of nitrogens with one attached hydrogen (secondary N) is 1. The number of unbranched alkanes of at least 4 members (excludes halogenated alkanes) is 1. The molecule has 34 heavy (non-hydrogen) atoms. The van der Waals surface area contributed by atoms with E-state index < -0.39 is 18.2 Å². The van der Waals surface area contributed by atoms with Gasteiger partial charge in [0, 0.05) is 12.4 Å². The van der Waals surface area contributed by atoms with Crippen molar-refractivity contribution in [1.82, 2.24) is 15.1 Å². The number of ether oxygens (including phenoxy) is 1. The molecule has 7 heteroatoms. The highest BCUT2D eigenvalue weighted by molar-refractivity contribution is 5.93. The number of carbonyl (C=O) groups excluding carboxylic acids is 3. The number of hydrogen-bond donors (Lipinski definition) is 1. The van der Waals surface area contributed by atoms with Crippen molar-refractivity contribution < 1.29 is 19.1 Å². The molecular weight excluding hydrogens is 430 g/mol. The summed E-state index contributed by atoms with van der Waals surface area (Å²) in [4.78, 5) is 43.0. The number of carbonyl (C=O) groups is 3. The van der Waals surface area contributed by atoms with Crippen LogP contribution in [-0.2, 0) is 20.9 Å². The van der Waals surface area contributed by atoms with E-state index in [9.17, 15) is 14.4 Å². The summed E-state index contributed by atoms with van der Waals surface area (Å²) in [5, 5.41) is 2.79. The van der Waals surface area contributed by atoms with Crippen molar-refractivity contribution in [1.29, 1.82) is 0 Å². The Labute approximate surface area is 203 Å². The van der Waals surface area contributed by atoms with Gasteiger partial charge in [-0.05, 0) is 36.7 Å². The zero-order chi connectivity index (χ0) is 24.5. The van der Waals surface area contributed by atoms with E-state index in [1.165, 1.54) is 7.11 Å². The molecule has 1 N–H and O–H groups in total. The van der Waals surface area contributed by atoms with Gasteiger partial charge in [0.05, 0.1) is 13.7 Å². The first kappa shape index (κ1) is 25.8. The van der Waals surface area contributed by atoms with Crippen LogP contribution >= 0.6 is 0 Å². The minimum atomic E-state index is -0.702. The SMILES string of the molecule is CCCC[C@H](C)[C@@H]1C(=O)N(Cc2ccccc2)C=CN1C(=O)[C@H](NC(=O)OC)C1CCCCC1. The number of methoxy groups -OCH3 is 1. The zero-order valence-corrected chi connectivity index (χ0v) is 20.7. The molecule has 3 atom stereocenters. The molecule has 1 aliphatic carbocycles. The van der Waals surface area contributed by atoms with Crippen LogP contribution in [-0.4, -0.2) is 46.9 Å². The van der Waals surface area contributed by atoms with Crippen LogP contribution in [0.15, 0.2) is 42.7 Å². The molecule has 3 amide bonds. The number of hydrogen-bond acceptors (Lipinski definition) is 4. The Bertz CT molecular complexity index is 851. The van der Waals surface area contributed by atoms with Crippen molar-refractivity contribution in [3.05, 3.63) is 48.3 Å². The summed E-state index contributed by atoms with van der Waals surface area (Å²) in [7, 11) is 1.30. The van der Waals surface area contributed by atoms with E-state index in [0.717, 1.165) is 56.9 Å². The highest BCUT2D eigenvalue weighted by Crippen LogP contribution is 2.31. The molecule has 0 aromatic heterocycles. The lowest BCUT2D eigenvalue weighted by atomic mass is 9.82.